The minimum absolute atomic E-state index is 0.0514. The van der Waals surface area contributed by atoms with Crippen LogP contribution in [0.3, 0.4) is 0 Å². The number of rotatable bonds is 4. The zero-order valence-electron chi connectivity index (χ0n) is 10.4. The molecule has 1 saturated heterocycles. The van der Waals surface area contributed by atoms with E-state index in [2.05, 4.69) is 5.32 Å². The Hall–Kier alpha value is -1.26. The van der Waals surface area contributed by atoms with E-state index in [1.807, 2.05) is 4.90 Å². The van der Waals surface area contributed by atoms with Crippen molar-refractivity contribution < 1.29 is 14.7 Å². The van der Waals surface area contributed by atoms with E-state index < -0.39 is 11.9 Å². The number of carbonyl (C=O) groups excluding carboxylic acids is 1. The largest absolute Gasteiger partial charge is 0.481 e. The quantitative estimate of drug-likeness (QED) is 0.788. The summed E-state index contributed by atoms with van der Waals surface area (Å²) < 4.78 is 0. The lowest BCUT2D eigenvalue weighted by atomic mass is 10.1. The van der Waals surface area contributed by atoms with Gasteiger partial charge in [0.1, 0.15) is 0 Å². The molecule has 5 nitrogen and oxygen atoms in total. The smallest absolute Gasteiger partial charge is 0.317 e. The molecule has 0 aliphatic carbocycles. The average molecular weight is 242 g/mol. The SMILES string of the molecule is CC(CCNC(=O)N1CCCCCC1)C(=O)O. The summed E-state index contributed by atoms with van der Waals surface area (Å²) in [5, 5.41) is 11.5. The van der Waals surface area contributed by atoms with Crippen LogP contribution >= 0.6 is 0 Å². The van der Waals surface area contributed by atoms with Crippen LogP contribution in [0.15, 0.2) is 0 Å². The van der Waals surface area contributed by atoms with Gasteiger partial charge in [0, 0.05) is 19.6 Å². The highest BCUT2D eigenvalue weighted by Crippen LogP contribution is 2.09. The number of nitrogens with one attached hydrogen (secondary N) is 1. The zero-order chi connectivity index (χ0) is 12.7. The Morgan fingerprint density at radius 1 is 1.24 bits per heavy atom. The lowest BCUT2D eigenvalue weighted by molar-refractivity contribution is -0.141. The normalized spacial score (nSPS) is 18.3. The third kappa shape index (κ3) is 5.06. The van der Waals surface area contributed by atoms with Gasteiger partial charge in [-0.3, -0.25) is 4.79 Å². The van der Waals surface area contributed by atoms with E-state index in [-0.39, 0.29) is 6.03 Å². The van der Waals surface area contributed by atoms with Crippen LogP contribution in [-0.4, -0.2) is 41.6 Å². The van der Waals surface area contributed by atoms with Gasteiger partial charge >= 0.3 is 12.0 Å². The maximum absolute atomic E-state index is 11.8. The summed E-state index contributed by atoms with van der Waals surface area (Å²) in [4.78, 5) is 24.2. The molecule has 17 heavy (non-hydrogen) atoms. The van der Waals surface area contributed by atoms with Crippen LogP contribution in [0.4, 0.5) is 4.79 Å². The van der Waals surface area contributed by atoms with Gasteiger partial charge in [-0.25, -0.2) is 4.79 Å². The van der Waals surface area contributed by atoms with Crippen molar-refractivity contribution in [2.24, 2.45) is 5.92 Å². The molecule has 0 aromatic carbocycles. The molecule has 0 aromatic heterocycles. The molecule has 1 fully saturated rings. The maximum atomic E-state index is 11.8. The van der Waals surface area contributed by atoms with Crippen molar-refractivity contribution in [3.05, 3.63) is 0 Å². The Bertz CT molecular complexity index is 260. The van der Waals surface area contributed by atoms with Gasteiger partial charge < -0.3 is 15.3 Å². The molecule has 2 N–H and O–H groups in total. The minimum Gasteiger partial charge on any atom is -0.481 e. The molecule has 1 atom stereocenters. The monoisotopic (exact) mass is 242 g/mol. The van der Waals surface area contributed by atoms with Gasteiger partial charge in [0.15, 0.2) is 0 Å². The van der Waals surface area contributed by atoms with Crippen molar-refractivity contribution in [3.63, 3.8) is 0 Å². The molecule has 1 unspecified atom stereocenters. The predicted octanol–water partition coefficient (Wildman–Crippen LogP) is 1.68. The molecule has 0 aromatic rings. The highest BCUT2D eigenvalue weighted by atomic mass is 16.4. The number of aliphatic carboxylic acids is 1. The van der Waals surface area contributed by atoms with Crippen LogP contribution in [0.5, 0.6) is 0 Å². The van der Waals surface area contributed by atoms with E-state index in [1.54, 1.807) is 6.92 Å². The van der Waals surface area contributed by atoms with Crippen LogP contribution in [0.1, 0.15) is 39.0 Å². The molecule has 0 radical (unpaired) electrons. The molecule has 2 amide bonds. The first-order valence-corrected chi connectivity index (χ1v) is 6.37. The second kappa shape index (κ2) is 7.14. The molecule has 1 aliphatic heterocycles. The fourth-order valence-corrected chi connectivity index (χ4v) is 1.90. The van der Waals surface area contributed by atoms with Crippen molar-refractivity contribution in [3.8, 4) is 0 Å². The summed E-state index contributed by atoms with van der Waals surface area (Å²) in [6.07, 6.45) is 5.01. The molecular weight excluding hydrogens is 220 g/mol. The second-order valence-electron chi connectivity index (χ2n) is 4.66. The maximum Gasteiger partial charge on any atom is 0.317 e. The van der Waals surface area contributed by atoms with E-state index in [9.17, 15) is 9.59 Å². The van der Waals surface area contributed by atoms with Crippen LogP contribution in [0, 0.1) is 5.92 Å². The molecule has 0 saturated carbocycles. The molecule has 0 spiro atoms. The number of nitrogens with zero attached hydrogens (tertiary/aromatic N) is 1. The van der Waals surface area contributed by atoms with Crippen molar-refractivity contribution in [1.82, 2.24) is 10.2 Å². The molecule has 98 valence electrons. The first kappa shape index (κ1) is 13.8. The Morgan fingerprint density at radius 3 is 2.35 bits per heavy atom. The predicted molar refractivity (Wildman–Crippen MR) is 64.9 cm³/mol. The van der Waals surface area contributed by atoms with Gasteiger partial charge in [-0.05, 0) is 19.3 Å². The van der Waals surface area contributed by atoms with Crippen molar-refractivity contribution in [1.29, 1.82) is 0 Å². The van der Waals surface area contributed by atoms with Crippen molar-refractivity contribution >= 4 is 12.0 Å². The first-order valence-electron chi connectivity index (χ1n) is 6.37. The highest BCUT2D eigenvalue weighted by Gasteiger charge is 2.16. The summed E-state index contributed by atoms with van der Waals surface area (Å²) >= 11 is 0. The lowest BCUT2D eigenvalue weighted by Gasteiger charge is -2.21. The van der Waals surface area contributed by atoms with Gasteiger partial charge in [0.2, 0.25) is 0 Å². The number of amides is 2. The van der Waals surface area contributed by atoms with Gasteiger partial charge in [0.25, 0.3) is 0 Å². The van der Waals surface area contributed by atoms with Gasteiger partial charge in [-0.15, -0.1) is 0 Å². The van der Waals surface area contributed by atoms with Crippen LogP contribution < -0.4 is 5.32 Å². The summed E-state index contributed by atoms with van der Waals surface area (Å²) in [7, 11) is 0. The molecule has 0 bridgehead atoms. The fourth-order valence-electron chi connectivity index (χ4n) is 1.90. The standard InChI is InChI=1S/C12H22N2O3/c1-10(11(15)16)6-7-13-12(17)14-8-4-2-3-5-9-14/h10H,2-9H2,1H3,(H,13,17)(H,15,16). The molecule has 5 heteroatoms. The summed E-state index contributed by atoms with van der Waals surface area (Å²) in [5.74, 6) is -1.21. The molecular formula is C12H22N2O3. The Balaban J connectivity index is 2.21. The van der Waals surface area contributed by atoms with Crippen LogP contribution in [0.2, 0.25) is 0 Å². The Kier molecular flexibility index (Phi) is 5.80. The number of likely N-dealkylation sites (tertiary alicyclic amines) is 1. The highest BCUT2D eigenvalue weighted by molar-refractivity contribution is 5.74. The summed E-state index contributed by atoms with van der Waals surface area (Å²) in [5.41, 5.74) is 0. The third-order valence-electron chi connectivity index (χ3n) is 3.17. The number of hydrogen-bond acceptors (Lipinski definition) is 2. The zero-order valence-corrected chi connectivity index (χ0v) is 10.4. The van der Waals surface area contributed by atoms with Gasteiger partial charge in [-0.2, -0.15) is 0 Å². The summed E-state index contributed by atoms with van der Waals surface area (Å²) in [6.45, 7) is 3.73. The van der Waals surface area contributed by atoms with E-state index >= 15 is 0 Å². The van der Waals surface area contributed by atoms with Crippen LogP contribution in [0.25, 0.3) is 0 Å². The Labute approximate surface area is 102 Å². The second-order valence-corrected chi connectivity index (χ2v) is 4.66. The van der Waals surface area contributed by atoms with E-state index in [4.69, 9.17) is 5.11 Å². The van der Waals surface area contributed by atoms with Gasteiger partial charge in [-0.1, -0.05) is 19.8 Å². The number of urea groups is 1. The van der Waals surface area contributed by atoms with Crippen molar-refractivity contribution in [2.45, 2.75) is 39.0 Å². The van der Waals surface area contributed by atoms with Gasteiger partial charge in [0.05, 0.1) is 5.92 Å². The molecule has 1 rings (SSSR count). The molecule has 1 aliphatic rings. The lowest BCUT2D eigenvalue weighted by Crippen LogP contribution is -2.41. The Morgan fingerprint density at radius 2 is 1.82 bits per heavy atom. The molecule has 1 heterocycles. The number of hydrogen-bond donors (Lipinski definition) is 2. The number of carboxylic acids is 1. The van der Waals surface area contributed by atoms with Crippen LogP contribution in [-0.2, 0) is 4.79 Å². The summed E-state index contributed by atoms with van der Waals surface area (Å²) in [6, 6.07) is -0.0514. The third-order valence-corrected chi connectivity index (χ3v) is 3.17. The van der Waals surface area contributed by atoms with E-state index in [1.165, 1.54) is 12.8 Å². The van der Waals surface area contributed by atoms with Crippen molar-refractivity contribution in [2.75, 3.05) is 19.6 Å². The fraction of sp³-hybridized carbons (Fsp3) is 0.833. The number of carboxylic acid groups (broad SMARTS) is 1. The van der Waals surface area contributed by atoms with E-state index in [0.29, 0.717) is 13.0 Å². The number of carbonyl (C=O) groups is 2. The topological polar surface area (TPSA) is 69.6 Å². The minimum atomic E-state index is -0.811. The first-order chi connectivity index (χ1) is 8.11. The average Bonchev–Trinajstić information content (AvgIpc) is 2.57. The van der Waals surface area contributed by atoms with E-state index in [0.717, 1.165) is 25.9 Å².